The Hall–Kier alpha value is -2.73. The highest BCUT2D eigenvalue weighted by Crippen LogP contribution is 2.20. The Morgan fingerprint density at radius 2 is 2.08 bits per heavy atom. The molecule has 6 nitrogen and oxygen atoms in total. The number of fused-ring (bicyclic) bond motifs is 1. The highest BCUT2D eigenvalue weighted by Gasteiger charge is 2.28. The average molecular weight is 321 g/mol. The number of amides is 1. The summed E-state index contributed by atoms with van der Waals surface area (Å²) in [6.07, 6.45) is 3.53. The Morgan fingerprint density at radius 1 is 1.25 bits per heavy atom. The van der Waals surface area contributed by atoms with Gasteiger partial charge >= 0.3 is 0 Å². The van der Waals surface area contributed by atoms with Crippen LogP contribution < -0.4 is 5.32 Å². The van der Waals surface area contributed by atoms with Crippen LogP contribution in [-0.4, -0.2) is 44.8 Å². The van der Waals surface area contributed by atoms with Gasteiger partial charge in [0.05, 0.1) is 5.69 Å². The molecular weight excluding hydrogens is 302 g/mol. The van der Waals surface area contributed by atoms with Gasteiger partial charge in [-0.25, -0.2) is 9.97 Å². The van der Waals surface area contributed by atoms with Gasteiger partial charge in [-0.1, -0.05) is 30.3 Å². The first-order valence-electron chi connectivity index (χ1n) is 8.11. The zero-order valence-corrected chi connectivity index (χ0v) is 13.5. The third-order valence-electron chi connectivity index (χ3n) is 4.45. The minimum atomic E-state index is 0.00966. The molecule has 0 radical (unpaired) electrons. The first-order valence-corrected chi connectivity index (χ1v) is 8.11. The molecule has 1 fully saturated rings. The van der Waals surface area contributed by atoms with Gasteiger partial charge in [-0.15, -0.1) is 0 Å². The second kappa shape index (κ2) is 6.05. The maximum absolute atomic E-state index is 13.1. The topological polar surface area (TPSA) is 62.5 Å². The second-order valence-electron chi connectivity index (χ2n) is 6.00. The largest absolute Gasteiger partial charge is 0.334 e. The minimum absolute atomic E-state index is 0.00966. The molecule has 4 rings (SSSR count). The van der Waals surface area contributed by atoms with E-state index in [1.165, 1.54) is 5.56 Å². The minimum Gasteiger partial charge on any atom is -0.334 e. The van der Waals surface area contributed by atoms with Gasteiger partial charge in [0.2, 0.25) is 5.78 Å². The quantitative estimate of drug-likeness (QED) is 0.782. The summed E-state index contributed by atoms with van der Waals surface area (Å²) < 4.78 is 1.78. The van der Waals surface area contributed by atoms with Crippen molar-refractivity contribution in [3.8, 4) is 0 Å². The Morgan fingerprint density at radius 3 is 2.92 bits per heavy atom. The molecule has 3 aromatic rings. The molecule has 122 valence electrons. The molecule has 1 amide bonds. The molecule has 0 unspecified atom stereocenters. The molecule has 1 aromatic carbocycles. The molecule has 0 bridgehead atoms. The second-order valence-corrected chi connectivity index (χ2v) is 6.00. The summed E-state index contributed by atoms with van der Waals surface area (Å²) in [5.74, 6) is 0.573. The Kier molecular flexibility index (Phi) is 3.74. The number of piperazine rings is 1. The fourth-order valence-corrected chi connectivity index (χ4v) is 3.25. The van der Waals surface area contributed by atoms with Crippen molar-refractivity contribution in [3.63, 3.8) is 0 Å². The van der Waals surface area contributed by atoms with Gasteiger partial charge in [0.25, 0.3) is 5.91 Å². The van der Waals surface area contributed by atoms with Crippen LogP contribution in [0.2, 0.25) is 0 Å². The number of aromatic nitrogens is 3. The van der Waals surface area contributed by atoms with Crippen molar-refractivity contribution in [2.45, 2.75) is 13.0 Å². The van der Waals surface area contributed by atoms with E-state index in [1.807, 2.05) is 42.3 Å². The number of aryl methyl sites for hydroxylation is 1. The van der Waals surface area contributed by atoms with Crippen LogP contribution in [0, 0.1) is 6.92 Å². The van der Waals surface area contributed by atoms with Crippen LogP contribution in [-0.2, 0) is 0 Å². The van der Waals surface area contributed by atoms with Crippen molar-refractivity contribution in [1.29, 1.82) is 0 Å². The van der Waals surface area contributed by atoms with E-state index in [9.17, 15) is 4.79 Å². The molecule has 1 atom stereocenters. The summed E-state index contributed by atoms with van der Waals surface area (Å²) in [5.41, 5.74) is 2.52. The number of nitrogens with zero attached hydrogens (tertiary/aromatic N) is 4. The van der Waals surface area contributed by atoms with Crippen molar-refractivity contribution >= 4 is 11.7 Å². The third-order valence-corrected chi connectivity index (χ3v) is 4.45. The summed E-state index contributed by atoms with van der Waals surface area (Å²) in [5, 5.41) is 3.49. The van der Waals surface area contributed by atoms with Crippen LogP contribution in [0.5, 0.6) is 0 Å². The Labute approximate surface area is 140 Å². The number of rotatable bonds is 2. The average Bonchev–Trinajstić information content (AvgIpc) is 2.97. The van der Waals surface area contributed by atoms with Crippen LogP contribution in [0.4, 0.5) is 0 Å². The van der Waals surface area contributed by atoms with Crippen LogP contribution in [0.25, 0.3) is 5.78 Å². The van der Waals surface area contributed by atoms with Crippen molar-refractivity contribution in [3.05, 3.63) is 65.7 Å². The molecule has 6 heteroatoms. The molecular formula is C18H19N5O. The predicted molar refractivity (Wildman–Crippen MR) is 90.8 cm³/mol. The van der Waals surface area contributed by atoms with Crippen molar-refractivity contribution in [2.75, 3.05) is 19.6 Å². The van der Waals surface area contributed by atoms with Gasteiger partial charge in [0.15, 0.2) is 0 Å². The summed E-state index contributed by atoms with van der Waals surface area (Å²) >= 11 is 0. The smallest absolute Gasteiger partial charge is 0.272 e. The maximum atomic E-state index is 13.1. The fraction of sp³-hybridized carbons (Fsp3) is 0.278. The number of hydrogen-bond acceptors (Lipinski definition) is 4. The van der Waals surface area contributed by atoms with Gasteiger partial charge in [-0.3, -0.25) is 9.20 Å². The van der Waals surface area contributed by atoms with Crippen LogP contribution in [0.1, 0.15) is 27.8 Å². The van der Waals surface area contributed by atoms with E-state index in [1.54, 1.807) is 10.6 Å². The lowest BCUT2D eigenvalue weighted by Gasteiger charge is -2.34. The van der Waals surface area contributed by atoms with Crippen LogP contribution in [0.15, 0.2) is 48.8 Å². The van der Waals surface area contributed by atoms with Gasteiger partial charge in [0, 0.05) is 38.1 Å². The lowest BCUT2D eigenvalue weighted by atomic mass is 10.0. The molecule has 0 aliphatic carbocycles. The molecule has 1 N–H and O–H groups in total. The molecule has 1 aliphatic rings. The highest BCUT2D eigenvalue weighted by atomic mass is 16.2. The number of carbonyl (C=O) groups excluding carboxylic acids is 1. The number of benzene rings is 1. The number of imidazole rings is 1. The zero-order valence-electron chi connectivity index (χ0n) is 13.5. The molecule has 0 spiro atoms. The molecule has 0 saturated carbocycles. The summed E-state index contributed by atoms with van der Waals surface area (Å²) in [7, 11) is 0. The maximum Gasteiger partial charge on any atom is 0.272 e. The Bertz CT molecular complexity index is 874. The van der Waals surface area contributed by atoms with E-state index in [2.05, 4.69) is 27.4 Å². The number of hydrogen-bond donors (Lipinski definition) is 1. The zero-order chi connectivity index (χ0) is 16.5. The van der Waals surface area contributed by atoms with E-state index in [0.29, 0.717) is 30.3 Å². The van der Waals surface area contributed by atoms with Crippen molar-refractivity contribution < 1.29 is 4.79 Å². The van der Waals surface area contributed by atoms with Crippen molar-refractivity contribution in [2.24, 2.45) is 0 Å². The standard InChI is InChI=1S/C18H19N5O/c1-13-16(23-10-5-8-20-18(23)21-13)17(24)22-11-9-19-15(12-22)14-6-3-2-4-7-14/h2-8,10,15,19H,9,11-12H2,1H3/t15-/m0/s1. The summed E-state index contributed by atoms with van der Waals surface area (Å²) in [4.78, 5) is 23.6. The number of carbonyl (C=O) groups is 1. The normalized spacial score (nSPS) is 18.0. The van der Waals surface area contributed by atoms with Crippen molar-refractivity contribution in [1.82, 2.24) is 24.6 Å². The highest BCUT2D eigenvalue weighted by molar-refractivity contribution is 5.94. The van der Waals surface area contributed by atoms with Crippen LogP contribution >= 0.6 is 0 Å². The van der Waals surface area contributed by atoms with E-state index in [-0.39, 0.29) is 11.9 Å². The third kappa shape index (κ3) is 2.55. The molecule has 2 aromatic heterocycles. The van der Waals surface area contributed by atoms with E-state index in [4.69, 9.17) is 0 Å². The Balaban J connectivity index is 1.63. The lowest BCUT2D eigenvalue weighted by molar-refractivity contribution is 0.0695. The predicted octanol–water partition coefficient (Wildman–Crippen LogP) is 1.82. The number of nitrogens with one attached hydrogen (secondary N) is 1. The molecule has 24 heavy (non-hydrogen) atoms. The van der Waals surface area contributed by atoms with Gasteiger partial charge in [-0.2, -0.15) is 0 Å². The monoisotopic (exact) mass is 321 g/mol. The first kappa shape index (κ1) is 14.8. The lowest BCUT2D eigenvalue weighted by Crippen LogP contribution is -2.48. The summed E-state index contributed by atoms with van der Waals surface area (Å²) in [6, 6.07) is 12.2. The van der Waals surface area contributed by atoms with Gasteiger partial charge in [-0.05, 0) is 18.6 Å². The SMILES string of the molecule is Cc1nc2ncccn2c1C(=O)N1CCN[C@H](c2ccccc2)C1. The van der Waals surface area contributed by atoms with E-state index in [0.717, 1.165) is 6.54 Å². The molecule has 3 heterocycles. The molecule has 1 aliphatic heterocycles. The van der Waals surface area contributed by atoms with Gasteiger partial charge < -0.3 is 10.2 Å². The van der Waals surface area contributed by atoms with Gasteiger partial charge in [0.1, 0.15) is 5.69 Å². The van der Waals surface area contributed by atoms with E-state index >= 15 is 0 Å². The first-order chi connectivity index (χ1) is 11.7. The fourth-order valence-electron chi connectivity index (χ4n) is 3.25. The van der Waals surface area contributed by atoms with Crippen LogP contribution in [0.3, 0.4) is 0 Å². The molecule has 1 saturated heterocycles. The summed E-state index contributed by atoms with van der Waals surface area (Å²) in [6.45, 7) is 3.98. The van der Waals surface area contributed by atoms with E-state index < -0.39 is 0 Å².